The van der Waals surface area contributed by atoms with Crippen LogP contribution in [-0.4, -0.2) is 47.6 Å². The molecule has 220 valence electrons. The highest BCUT2D eigenvalue weighted by atomic mass is 19.1. The molecule has 7 nitrogen and oxygen atoms in total. The zero-order chi connectivity index (χ0) is 29.6. The first-order valence-corrected chi connectivity index (χ1v) is 15.5. The van der Waals surface area contributed by atoms with E-state index in [0.29, 0.717) is 45.9 Å². The molecule has 1 aliphatic heterocycles. The van der Waals surface area contributed by atoms with Crippen LogP contribution >= 0.6 is 0 Å². The maximum absolute atomic E-state index is 15.7. The van der Waals surface area contributed by atoms with Gasteiger partial charge in [-0.2, -0.15) is 0 Å². The first kappa shape index (κ1) is 26.6. The van der Waals surface area contributed by atoms with Gasteiger partial charge in [-0.1, -0.05) is 37.3 Å². The number of pyridine rings is 1. The zero-order valence-electron chi connectivity index (χ0n) is 24.8. The van der Waals surface area contributed by atoms with Gasteiger partial charge in [0.15, 0.2) is 5.82 Å². The fourth-order valence-electron chi connectivity index (χ4n) is 7.60. The number of aliphatic hydroxyl groups is 1. The predicted octanol–water partition coefficient (Wildman–Crippen LogP) is 6.27. The van der Waals surface area contributed by atoms with E-state index >= 15 is 4.39 Å². The van der Waals surface area contributed by atoms with Crippen LogP contribution in [0.2, 0.25) is 0 Å². The number of benzene rings is 2. The highest BCUT2D eigenvalue weighted by molar-refractivity contribution is 5.98. The topological polar surface area (TPSA) is 76.2 Å². The normalized spacial score (nSPS) is 23.0. The van der Waals surface area contributed by atoms with Gasteiger partial charge in [0.1, 0.15) is 22.6 Å². The molecule has 2 aromatic carbocycles. The highest BCUT2D eigenvalue weighted by Gasteiger charge is 2.46. The van der Waals surface area contributed by atoms with Crippen LogP contribution in [0.15, 0.2) is 60.7 Å². The smallest absolute Gasteiger partial charge is 0.254 e. The van der Waals surface area contributed by atoms with Gasteiger partial charge in [0.2, 0.25) is 0 Å². The fraction of sp³-hybridized carbons (Fsp3) is 0.400. The number of carbonyl (C=O) groups excluding carboxylic acids is 1. The van der Waals surface area contributed by atoms with E-state index in [1.165, 1.54) is 12.5 Å². The van der Waals surface area contributed by atoms with E-state index < -0.39 is 11.4 Å². The van der Waals surface area contributed by atoms with Gasteiger partial charge in [-0.25, -0.2) is 14.4 Å². The van der Waals surface area contributed by atoms with Gasteiger partial charge in [0.05, 0.1) is 16.9 Å². The summed E-state index contributed by atoms with van der Waals surface area (Å²) in [5, 5.41) is 12.5. The lowest BCUT2D eigenvalue weighted by Gasteiger charge is -2.27. The van der Waals surface area contributed by atoms with E-state index in [9.17, 15) is 9.90 Å². The van der Waals surface area contributed by atoms with E-state index in [-0.39, 0.29) is 11.9 Å². The molecule has 4 atom stereocenters. The Morgan fingerprint density at radius 3 is 2.53 bits per heavy atom. The Morgan fingerprint density at radius 1 is 1.05 bits per heavy atom. The lowest BCUT2D eigenvalue weighted by atomic mass is 9.92. The Kier molecular flexibility index (Phi) is 5.86. The van der Waals surface area contributed by atoms with Crippen LogP contribution in [0.3, 0.4) is 0 Å². The molecule has 2 aliphatic carbocycles. The van der Waals surface area contributed by atoms with Crippen molar-refractivity contribution in [2.45, 2.75) is 57.7 Å². The number of piperidine rings is 1. The predicted molar refractivity (Wildman–Crippen MR) is 164 cm³/mol. The summed E-state index contributed by atoms with van der Waals surface area (Å²) >= 11 is 0. The van der Waals surface area contributed by atoms with Crippen molar-refractivity contribution in [2.24, 2.45) is 24.8 Å². The number of fused-ring (bicyclic) bond motifs is 4. The summed E-state index contributed by atoms with van der Waals surface area (Å²) in [6, 6.07) is 18.9. The Bertz CT molecular complexity index is 1900. The number of carbonyl (C=O) groups is 1. The largest absolute Gasteiger partial charge is 0.379 e. The standard InChI is InChI=1S/C35H36FN5O2/c1-20-23-11-13-28(20)41(19-23)34(42)24-15-26(36)31-27(16-24)37-33(39(31)3)29-17-22-12-14-30(35(2,43)25-7-5-4-6-8-25)38-32(22)40(29)18-21-9-10-21/h4-8,12,14-17,20-21,23,28,43H,9-11,13,18-19H2,1-3H3. The molecular formula is C35H36FN5O2. The molecule has 8 heteroatoms. The molecule has 0 spiro atoms. The van der Waals surface area contributed by atoms with Gasteiger partial charge >= 0.3 is 0 Å². The summed E-state index contributed by atoms with van der Waals surface area (Å²) in [7, 11) is 1.83. The van der Waals surface area contributed by atoms with Gasteiger partial charge in [0.25, 0.3) is 5.91 Å². The lowest BCUT2D eigenvalue weighted by Crippen LogP contribution is -2.38. The minimum Gasteiger partial charge on any atom is -0.379 e. The number of hydrogen-bond donors (Lipinski definition) is 1. The molecule has 2 saturated carbocycles. The summed E-state index contributed by atoms with van der Waals surface area (Å²) < 4.78 is 19.7. The number of imidazole rings is 1. The van der Waals surface area contributed by atoms with Gasteiger partial charge in [0, 0.05) is 37.1 Å². The summed E-state index contributed by atoms with van der Waals surface area (Å²) in [5.74, 6) is 1.67. The average Bonchev–Trinajstić information content (AvgIpc) is 3.40. The summed E-state index contributed by atoms with van der Waals surface area (Å²) in [4.78, 5) is 25.4. The van der Waals surface area contributed by atoms with E-state index in [1.54, 1.807) is 17.6 Å². The molecule has 5 aromatic rings. The highest BCUT2D eigenvalue weighted by Crippen LogP contribution is 2.43. The SMILES string of the molecule is CC1C2CCC1N(C(=O)c1cc(F)c3c(c1)nc(-c1cc4ccc(C(C)(O)c5ccccc5)nc4n1CC1CC1)n3C)C2. The fourth-order valence-corrected chi connectivity index (χ4v) is 7.60. The van der Waals surface area contributed by atoms with Crippen molar-refractivity contribution in [2.75, 3.05) is 6.54 Å². The number of nitrogens with zero attached hydrogens (tertiary/aromatic N) is 5. The first-order chi connectivity index (χ1) is 20.7. The third-order valence-corrected chi connectivity index (χ3v) is 10.4. The molecule has 3 aromatic heterocycles. The molecule has 1 N–H and O–H groups in total. The van der Waals surface area contributed by atoms with Crippen molar-refractivity contribution >= 4 is 28.0 Å². The second-order valence-corrected chi connectivity index (χ2v) is 13.2. The average molecular weight is 578 g/mol. The lowest BCUT2D eigenvalue weighted by molar-refractivity contribution is 0.0695. The van der Waals surface area contributed by atoms with Crippen LogP contribution in [-0.2, 0) is 19.2 Å². The molecular weight excluding hydrogens is 541 g/mol. The van der Waals surface area contributed by atoms with Gasteiger partial charge < -0.3 is 19.1 Å². The van der Waals surface area contributed by atoms with Crippen LogP contribution in [0.5, 0.6) is 0 Å². The van der Waals surface area contributed by atoms with E-state index in [4.69, 9.17) is 9.97 Å². The monoisotopic (exact) mass is 577 g/mol. The number of aromatic nitrogens is 4. The Morgan fingerprint density at radius 2 is 1.84 bits per heavy atom. The molecule has 4 heterocycles. The summed E-state index contributed by atoms with van der Waals surface area (Å²) in [6.45, 7) is 5.53. The number of aryl methyl sites for hydroxylation is 1. The molecule has 1 amide bonds. The third kappa shape index (κ3) is 4.13. The molecule has 2 bridgehead atoms. The number of halogens is 1. The number of amides is 1. The Hall–Kier alpha value is -4.04. The minimum absolute atomic E-state index is 0.0999. The van der Waals surface area contributed by atoms with Crippen LogP contribution in [0.25, 0.3) is 33.6 Å². The molecule has 43 heavy (non-hydrogen) atoms. The van der Waals surface area contributed by atoms with E-state index in [0.717, 1.165) is 54.6 Å². The van der Waals surface area contributed by atoms with Crippen LogP contribution in [0, 0.1) is 23.6 Å². The second-order valence-electron chi connectivity index (χ2n) is 13.2. The molecule has 3 aliphatic rings. The van der Waals surface area contributed by atoms with Crippen molar-refractivity contribution in [3.8, 4) is 11.5 Å². The summed E-state index contributed by atoms with van der Waals surface area (Å²) in [5.41, 5.74) is 2.92. The summed E-state index contributed by atoms with van der Waals surface area (Å²) in [6.07, 6.45) is 4.50. The molecule has 0 radical (unpaired) electrons. The molecule has 3 fully saturated rings. The van der Waals surface area contributed by atoms with Crippen LogP contribution in [0.4, 0.5) is 4.39 Å². The van der Waals surface area contributed by atoms with Gasteiger partial charge in [-0.15, -0.1) is 0 Å². The Labute approximate surface area is 250 Å². The van der Waals surface area contributed by atoms with Crippen molar-refractivity contribution in [3.05, 3.63) is 83.3 Å². The molecule has 1 saturated heterocycles. The van der Waals surface area contributed by atoms with Crippen LogP contribution in [0.1, 0.15) is 61.1 Å². The number of hydrogen-bond acceptors (Lipinski definition) is 4. The Balaban J connectivity index is 1.22. The molecule has 4 unspecified atom stereocenters. The second kappa shape index (κ2) is 9.48. The van der Waals surface area contributed by atoms with E-state index in [2.05, 4.69) is 17.6 Å². The number of rotatable bonds is 6. The zero-order valence-corrected chi connectivity index (χ0v) is 24.8. The minimum atomic E-state index is -1.26. The third-order valence-electron chi connectivity index (χ3n) is 10.4. The van der Waals surface area contributed by atoms with E-state index in [1.807, 2.05) is 54.4 Å². The van der Waals surface area contributed by atoms with Gasteiger partial charge in [-0.3, -0.25) is 4.79 Å². The molecule has 8 rings (SSSR count). The van der Waals surface area contributed by atoms with Gasteiger partial charge in [-0.05, 0) is 86.3 Å². The quantitative estimate of drug-likeness (QED) is 0.258. The maximum Gasteiger partial charge on any atom is 0.254 e. The van der Waals surface area contributed by atoms with Crippen molar-refractivity contribution in [1.82, 2.24) is 24.0 Å². The van der Waals surface area contributed by atoms with Crippen molar-refractivity contribution < 1.29 is 14.3 Å². The van der Waals surface area contributed by atoms with Crippen molar-refractivity contribution in [1.29, 1.82) is 0 Å². The van der Waals surface area contributed by atoms with Crippen LogP contribution < -0.4 is 0 Å². The van der Waals surface area contributed by atoms with Crippen molar-refractivity contribution in [3.63, 3.8) is 0 Å². The number of likely N-dealkylation sites (tertiary alicyclic amines) is 1. The maximum atomic E-state index is 15.7. The first-order valence-electron chi connectivity index (χ1n) is 15.5.